The number of aromatic nitrogens is 2. The van der Waals surface area contributed by atoms with Gasteiger partial charge in [0.1, 0.15) is 10.8 Å². The van der Waals surface area contributed by atoms with E-state index >= 15 is 0 Å². The maximum absolute atomic E-state index is 12.8. The third-order valence-electron chi connectivity index (χ3n) is 2.71. The number of nitrogen functional groups attached to an aromatic ring is 1. The second-order valence-electron chi connectivity index (χ2n) is 4.41. The summed E-state index contributed by atoms with van der Waals surface area (Å²) in [5, 5.41) is 3.59. The van der Waals surface area contributed by atoms with Crippen LogP contribution < -0.4 is 16.6 Å². The van der Waals surface area contributed by atoms with Crippen LogP contribution in [0.2, 0.25) is 5.02 Å². The molecule has 4 N–H and O–H groups in total. The number of hydrogen-bond donors (Lipinski definition) is 3. The Morgan fingerprint density at radius 1 is 1.35 bits per heavy atom. The molecule has 0 saturated heterocycles. The molecule has 0 aliphatic carbocycles. The van der Waals surface area contributed by atoms with Crippen LogP contribution in [0.1, 0.15) is 12.5 Å². The molecule has 5 nitrogen and oxygen atoms in total. The van der Waals surface area contributed by atoms with Gasteiger partial charge in [0.05, 0.1) is 6.20 Å². The van der Waals surface area contributed by atoms with E-state index in [9.17, 15) is 4.39 Å². The van der Waals surface area contributed by atoms with Crippen molar-refractivity contribution in [1.82, 2.24) is 9.97 Å². The van der Waals surface area contributed by atoms with Gasteiger partial charge in [0.25, 0.3) is 0 Å². The zero-order chi connectivity index (χ0) is 14.5. The molecule has 106 valence electrons. The average molecular weight is 296 g/mol. The molecule has 2 aromatic rings. The van der Waals surface area contributed by atoms with E-state index in [0.717, 1.165) is 5.56 Å². The maximum Gasteiger partial charge on any atom is 0.239 e. The Hall–Kier alpha value is -1.92. The van der Waals surface area contributed by atoms with E-state index in [0.29, 0.717) is 17.3 Å². The SMILES string of the molecule is CC(Cc1ccc(F)cc1)Nc1nc(NN)ncc1Cl. The van der Waals surface area contributed by atoms with E-state index in [2.05, 4.69) is 20.7 Å². The minimum Gasteiger partial charge on any atom is -0.366 e. The van der Waals surface area contributed by atoms with Crippen LogP contribution in [-0.2, 0) is 6.42 Å². The predicted octanol–water partition coefficient (Wildman–Crippen LogP) is 2.60. The van der Waals surface area contributed by atoms with Crippen LogP contribution in [0.25, 0.3) is 0 Å². The molecule has 0 aliphatic rings. The molecule has 1 aromatic carbocycles. The Bertz CT molecular complexity index is 575. The summed E-state index contributed by atoms with van der Waals surface area (Å²) in [6, 6.07) is 6.45. The first-order chi connectivity index (χ1) is 9.58. The van der Waals surface area contributed by atoms with Crippen LogP contribution in [0, 0.1) is 5.82 Å². The molecule has 1 atom stereocenters. The summed E-state index contributed by atoms with van der Waals surface area (Å²) in [7, 11) is 0. The first kappa shape index (κ1) is 14.5. The summed E-state index contributed by atoms with van der Waals surface area (Å²) >= 11 is 6.02. The molecule has 7 heteroatoms. The monoisotopic (exact) mass is 295 g/mol. The number of nitrogens with one attached hydrogen (secondary N) is 2. The molecule has 0 aliphatic heterocycles. The van der Waals surface area contributed by atoms with Crippen LogP contribution in [0.4, 0.5) is 16.2 Å². The number of hydrazine groups is 1. The summed E-state index contributed by atoms with van der Waals surface area (Å²) in [5.74, 6) is 5.80. The quantitative estimate of drug-likeness (QED) is 0.584. The van der Waals surface area contributed by atoms with Crippen LogP contribution in [0.15, 0.2) is 30.5 Å². The van der Waals surface area contributed by atoms with Gasteiger partial charge in [-0.05, 0) is 31.0 Å². The van der Waals surface area contributed by atoms with Crippen LogP contribution in [0.3, 0.4) is 0 Å². The molecule has 0 fully saturated rings. The van der Waals surface area contributed by atoms with Crippen molar-refractivity contribution in [3.05, 3.63) is 46.9 Å². The van der Waals surface area contributed by atoms with Crippen LogP contribution in [0.5, 0.6) is 0 Å². The van der Waals surface area contributed by atoms with Crippen molar-refractivity contribution >= 4 is 23.4 Å². The highest BCUT2D eigenvalue weighted by Gasteiger charge is 2.09. The minimum atomic E-state index is -0.244. The van der Waals surface area contributed by atoms with Gasteiger partial charge in [-0.2, -0.15) is 4.98 Å². The number of hydrogen-bond acceptors (Lipinski definition) is 5. The normalized spacial score (nSPS) is 12.0. The maximum atomic E-state index is 12.8. The molecule has 1 aromatic heterocycles. The van der Waals surface area contributed by atoms with Gasteiger partial charge in [0.15, 0.2) is 5.82 Å². The third-order valence-corrected chi connectivity index (χ3v) is 2.99. The first-order valence-corrected chi connectivity index (χ1v) is 6.46. The Labute approximate surface area is 121 Å². The van der Waals surface area contributed by atoms with Crippen LogP contribution in [-0.4, -0.2) is 16.0 Å². The van der Waals surface area contributed by atoms with Gasteiger partial charge in [-0.1, -0.05) is 23.7 Å². The van der Waals surface area contributed by atoms with Gasteiger partial charge < -0.3 is 5.32 Å². The zero-order valence-corrected chi connectivity index (χ0v) is 11.7. The van der Waals surface area contributed by atoms with Gasteiger partial charge in [0, 0.05) is 6.04 Å². The summed E-state index contributed by atoms with van der Waals surface area (Å²) in [5.41, 5.74) is 3.38. The third kappa shape index (κ3) is 3.79. The molecule has 0 bridgehead atoms. The van der Waals surface area contributed by atoms with Crippen LogP contribution >= 0.6 is 11.6 Å². The van der Waals surface area contributed by atoms with E-state index in [1.165, 1.54) is 18.3 Å². The van der Waals surface area contributed by atoms with Crippen molar-refractivity contribution in [3.63, 3.8) is 0 Å². The minimum absolute atomic E-state index is 0.0680. The number of nitrogens with zero attached hydrogens (tertiary/aromatic N) is 2. The van der Waals surface area contributed by atoms with Gasteiger partial charge in [-0.15, -0.1) is 0 Å². The number of anilines is 2. The molecule has 0 amide bonds. The number of nitrogens with two attached hydrogens (primary N) is 1. The van der Waals surface area contributed by atoms with E-state index in [1.54, 1.807) is 12.1 Å². The Morgan fingerprint density at radius 2 is 2.05 bits per heavy atom. The smallest absolute Gasteiger partial charge is 0.239 e. The first-order valence-electron chi connectivity index (χ1n) is 6.08. The van der Waals surface area contributed by atoms with E-state index in [4.69, 9.17) is 17.4 Å². The summed E-state index contributed by atoms with van der Waals surface area (Å²) in [4.78, 5) is 8.03. The summed E-state index contributed by atoms with van der Waals surface area (Å²) in [6.45, 7) is 1.98. The average Bonchev–Trinajstić information content (AvgIpc) is 2.44. The highest BCUT2D eigenvalue weighted by Crippen LogP contribution is 2.20. The highest BCUT2D eigenvalue weighted by atomic mass is 35.5. The number of halogens is 2. The fourth-order valence-corrected chi connectivity index (χ4v) is 1.94. The van der Waals surface area contributed by atoms with Crippen molar-refractivity contribution in [1.29, 1.82) is 0 Å². The number of rotatable bonds is 5. The highest BCUT2D eigenvalue weighted by molar-refractivity contribution is 6.32. The van der Waals surface area contributed by atoms with Gasteiger partial charge in [0.2, 0.25) is 5.95 Å². The molecule has 0 radical (unpaired) electrons. The molecular formula is C13H15ClFN5. The molecule has 0 saturated carbocycles. The van der Waals surface area contributed by atoms with Crippen molar-refractivity contribution in [3.8, 4) is 0 Å². The number of benzene rings is 1. The van der Waals surface area contributed by atoms with E-state index in [-0.39, 0.29) is 17.8 Å². The second kappa shape index (κ2) is 6.49. The lowest BCUT2D eigenvalue weighted by Crippen LogP contribution is -2.20. The standard InChI is InChI=1S/C13H15ClFN5/c1-8(6-9-2-4-10(15)5-3-9)18-12-11(14)7-17-13(19-12)20-16/h2-5,7-8H,6,16H2,1H3,(H2,17,18,19,20). The zero-order valence-electron chi connectivity index (χ0n) is 10.9. The largest absolute Gasteiger partial charge is 0.366 e. The van der Waals surface area contributed by atoms with Crippen molar-refractivity contribution < 1.29 is 4.39 Å². The lowest BCUT2D eigenvalue weighted by molar-refractivity contribution is 0.626. The Morgan fingerprint density at radius 3 is 2.70 bits per heavy atom. The van der Waals surface area contributed by atoms with Crippen molar-refractivity contribution in [2.45, 2.75) is 19.4 Å². The topological polar surface area (TPSA) is 75.9 Å². The lowest BCUT2D eigenvalue weighted by atomic mass is 10.1. The fourth-order valence-electron chi connectivity index (χ4n) is 1.80. The van der Waals surface area contributed by atoms with E-state index in [1.807, 2.05) is 6.92 Å². The van der Waals surface area contributed by atoms with Gasteiger partial charge in [-0.25, -0.2) is 15.2 Å². The van der Waals surface area contributed by atoms with Gasteiger partial charge >= 0.3 is 0 Å². The molecule has 20 heavy (non-hydrogen) atoms. The molecule has 0 spiro atoms. The lowest BCUT2D eigenvalue weighted by Gasteiger charge is -2.16. The van der Waals surface area contributed by atoms with Crippen molar-refractivity contribution in [2.75, 3.05) is 10.7 Å². The Kier molecular flexibility index (Phi) is 4.70. The summed E-state index contributed by atoms with van der Waals surface area (Å²) in [6.07, 6.45) is 2.18. The summed E-state index contributed by atoms with van der Waals surface area (Å²) < 4.78 is 12.8. The molecule has 1 unspecified atom stereocenters. The molecule has 1 heterocycles. The second-order valence-corrected chi connectivity index (χ2v) is 4.82. The molecule has 2 rings (SSSR count). The van der Waals surface area contributed by atoms with Gasteiger partial charge in [-0.3, -0.25) is 5.43 Å². The van der Waals surface area contributed by atoms with E-state index < -0.39 is 0 Å². The van der Waals surface area contributed by atoms with Crippen molar-refractivity contribution in [2.24, 2.45) is 5.84 Å². The molecular weight excluding hydrogens is 281 g/mol. The fraction of sp³-hybridized carbons (Fsp3) is 0.231. The predicted molar refractivity (Wildman–Crippen MR) is 78.0 cm³/mol. The Balaban J connectivity index is 2.04.